The van der Waals surface area contributed by atoms with E-state index in [9.17, 15) is 24.0 Å². The summed E-state index contributed by atoms with van der Waals surface area (Å²) in [6.45, 7) is 25.5. The fourth-order valence-corrected chi connectivity index (χ4v) is 9.76. The number of anilines is 7. The first-order chi connectivity index (χ1) is 41.2. The van der Waals surface area contributed by atoms with Gasteiger partial charge in [-0.25, -0.2) is 31.0 Å². The smallest absolute Gasteiger partial charge is 0.421 e. The van der Waals surface area contributed by atoms with Gasteiger partial charge in [0.25, 0.3) is 17.8 Å². The summed E-state index contributed by atoms with van der Waals surface area (Å²) >= 11 is 5.85. The quantitative estimate of drug-likeness (QED) is 0.0269. The molecule has 7 N–H and O–H groups in total. The highest BCUT2D eigenvalue weighted by molar-refractivity contribution is 6.28. The van der Waals surface area contributed by atoms with Gasteiger partial charge in [-0.15, -0.1) is 0 Å². The number of nitrogens with zero attached hydrogens (tertiary/aromatic N) is 15. The Morgan fingerprint density at radius 1 is 0.739 bits per heavy atom. The van der Waals surface area contributed by atoms with Crippen LogP contribution in [0.1, 0.15) is 106 Å². The van der Waals surface area contributed by atoms with Crippen molar-refractivity contribution >= 4 is 88.1 Å². The Balaban J connectivity index is 0.000000246. The molecule has 88 heavy (non-hydrogen) atoms. The number of amides is 5. The number of hydrogen-bond acceptors (Lipinski definition) is 18. The van der Waals surface area contributed by atoms with Crippen LogP contribution in [0.15, 0.2) is 96.5 Å². The Morgan fingerprint density at radius 3 is 1.68 bits per heavy atom. The van der Waals surface area contributed by atoms with E-state index >= 15 is 0 Å². The van der Waals surface area contributed by atoms with E-state index in [1.54, 1.807) is 103 Å². The van der Waals surface area contributed by atoms with Gasteiger partial charge in [-0.05, 0) is 110 Å². The SMILES string of the molecule is CC(C)(C)OC(=O)NN.CC[C@@H]1C(=O)N(C)c2c[nH+]c(NN)nc2N1C(C)C.CC[C@@H]1C(=O)N(C)c2cnc(-n3nccc3-c3ccccc3)nc2N1C(C)C.CN(C)C=NC(=O)c1ccccc1.[CH2+]C[C@@H]1C(=O)N(C)c2cnc(Cl)nc2N1C(C)C.[Cl-]. The van der Waals surface area contributed by atoms with Crippen LogP contribution < -0.4 is 69.3 Å². The molecular weight excluding hydrogens is 1170 g/mol. The third kappa shape index (κ3) is 17.5. The lowest BCUT2D eigenvalue weighted by molar-refractivity contribution is -0.364. The van der Waals surface area contributed by atoms with Crippen molar-refractivity contribution in [2.45, 2.75) is 137 Å². The predicted molar refractivity (Wildman–Crippen MR) is 342 cm³/mol. The molecule has 3 aliphatic rings. The van der Waals surface area contributed by atoms with E-state index in [1.807, 2.05) is 112 Å². The highest BCUT2D eigenvalue weighted by atomic mass is 35.5. The predicted octanol–water partition coefficient (Wildman–Crippen LogP) is 4.17. The maximum Gasteiger partial charge on any atom is 0.421 e. The molecule has 0 spiro atoms. The second kappa shape index (κ2) is 32.3. The first-order valence-electron chi connectivity index (χ1n) is 28.5. The number of hydrazine groups is 2. The van der Waals surface area contributed by atoms with Crippen LogP contribution in [-0.4, -0.2) is 153 Å². The number of aromatic nitrogens is 8. The van der Waals surface area contributed by atoms with Crippen LogP contribution >= 0.6 is 11.6 Å². The second-order valence-electron chi connectivity index (χ2n) is 22.2. The molecule has 26 nitrogen and oxygen atoms in total. The molecule has 9 rings (SSSR count). The van der Waals surface area contributed by atoms with Crippen LogP contribution in [0.25, 0.3) is 17.2 Å². The highest BCUT2D eigenvalue weighted by Crippen LogP contribution is 2.39. The molecule has 2 aromatic carbocycles. The molecule has 28 heteroatoms. The van der Waals surface area contributed by atoms with E-state index in [1.165, 1.54) is 6.34 Å². The number of nitrogen functional groups attached to an aromatic ring is 1. The van der Waals surface area contributed by atoms with Crippen molar-refractivity contribution in [3.05, 3.63) is 109 Å². The van der Waals surface area contributed by atoms with E-state index in [0.29, 0.717) is 35.4 Å². The van der Waals surface area contributed by atoms with Crippen LogP contribution in [0.2, 0.25) is 5.28 Å². The Hall–Kier alpha value is -8.72. The Morgan fingerprint density at radius 2 is 1.22 bits per heavy atom. The van der Waals surface area contributed by atoms with Crippen molar-refractivity contribution in [2.75, 3.05) is 70.1 Å². The van der Waals surface area contributed by atoms with Crippen LogP contribution in [0, 0.1) is 6.92 Å². The largest absolute Gasteiger partial charge is 1.00 e. The molecule has 0 saturated heterocycles. The number of H-pyrrole nitrogens is 1. The molecular formula is C60H85Cl2N20O6+. The molecule has 4 aromatic heterocycles. The molecule has 6 aromatic rings. The van der Waals surface area contributed by atoms with Gasteiger partial charge in [-0.2, -0.15) is 30.6 Å². The van der Waals surface area contributed by atoms with Gasteiger partial charge in [0, 0.05) is 64.5 Å². The molecule has 0 unspecified atom stereocenters. The molecule has 7 heterocycles. The monoisotopic (exact) mass is 1250 g/mol. The molecule has 0 saturated carbocycles. The molecule has 0 aliphatic carbocycles. The summed E-state index contributed by atoms with van der Waals surface area (Å²) in [6, 6.07) is 20.7. The van der Waals surface area contributed by atoms with Crippen LogP contribution in [0.5, 0.6) is 0 Å². The number of rotatable bonds is 11. The summed E-state index contributed by atoms with van der Waals surface area (Å²) in [5.74, 6) is 13.3. The van der Waals surface area contributed by atoms with E-state index in [4.69, 9.17) is 33.0 Å². The minimum Gasteiger partial charge on any atom is -1.00 e. The van der Waals surface area contributed by atoms with E-state index in [2.05, 4.69) is 80.0 Å². The fourth-order valence-electron chi connectivity index (χ4n) is 9.63. The summed E-state index contributed by atoms with van der Waals surface area (Å²) in [6.07, 6.45) is 9.63. The number of benzene rings is 2. The molecule has 0 bridgehead atoms. The van der Waals surface area contributed by atoms with Crippen molar-refractivity contribution in [3.8, 4) is 17.2 Å². The fraction of sp³-hybridized carbons (Fsp3) is 0.433. The van der Waals surface area contributed by atoms with Crippen molar-refractivity contribution in [1.29, 1.82) is 0 Å². The zero-order valence-electron chi connectivity index (χ0n) is 53.1. The van der Waals surface area contributed by atoms with Gasteiger partial charge in [0.15, 0.2) is 17.7 Å². The second-order valence-corrected chi connectivity index (χ2v) is 22.5. The average Bonchev–Trinajstić information content (AvgIpc) is 1.17. The lowest BCUT2D eigenvalue weighted by Crippen LogP contribution is -3.00. The first-order valence-corrected chi connectivity index (χ1v) is 28.9. The molecule has 474 valence electrons. The number of aliphatic imine (C=N–C) groups is 1. The Bertz CT molecular complexity index is 3310. The lowest BCUT2D eigenvalue weighted by atomic mass is 10.1. The lowest BCUT2D eigenvalue weighted by Gasteiger charge is -2.42. The van der Waals surface area contributed by atoms with Crippen molar-refractivity contribution < 1.29 is 46.1 Å². The number of carbonyl (C=O) groups is 5. The van der Waals surface area contributed by atoms with Crippen LogP contribution in [0.3, 0.4) is 0 Å². The molecule has 5 amide bonds. The minimum atomic E-state index is -0.609. The van der Waals surface area contributed by atoms with Gasteiger partial charge in [0.1, 0.15) is 41.2 Å². The molecule has 3 atom stereocenters. The molecule has 3 aliphatic heterocycles. The number of ether oxygens (including phenoxy) is 1. The summed E-state index contributed by atoms with van der Waals surface area (Å²) < 4.78 is 6.45. The number of likely N-dealkylation sites (N-methyl/N-ethyl adjacent to an activating group) is 3. The third-order valence-electron chi connectivity index (χ3n) is 13.6. The van der Waals surface area contributed by atoms with Gasteiger partial charge in [-0.3, -0.25) is 24.6 Å². The topological polar surface area (TPSA) is 302 Å². The van der Waals surface area contributed by atoms with E-state index in [-0.39, 0.29) is 77.6 Å². The number of hydrogen-bond donors (Lipinski definition) is 4. The maximum absolute atomic E-state index is 12.8. The number of nitrogens with two attached hydrogens (primary N) is 2. The van der Waals surface area contributed by atoms with Gasteiger partial charge in [0.2, 0.25) is 22.9 Å². The zero-order valence-corrected chi connectivity index (χ0v) is 54.6. The number of carbonyl (C=O) groups excluding carboxylic acids is 5. The number of halogens is 2. The number of aromatic amines is 1. The highest BCUT2D eigenvalue weighted by Gasteiger charge is 2.42. The standard InChI is InChI=1S/C21H24N6O.C12H16ClN4O.C12H20N6O.C10H12N2O.C5H12N2O2.ClH/c1-5-16-20(28)25(4)18-13-22-21(24-19(18)26(16)14(2)3)27-17(11-12-23-27)15-9-7-6-8-10-15;1-5-8-11(18)16(4)9-6-14-12(13)15-10(9)17(8)7(2)3;1-5-8-11(19)17(4)9-6-14-12(16-13)15-10(9)18(8)7(2)3;1-12(2)8-11-10(13)9-6-4-3-5-7-9;1-5(2,3)9-4(8)7-6;/h6-14,16H,5H2,1-4H3;6-8H,1,5H2,2-4H3;6-8H,5,13H2,1-4H3,(H,14,15,16);3-8H,1-2H3;6H2,1-3H3,(H,7,8);1H/q;+1;;;;/t16-;2*8-;;;/m111.../s1. The van der Waals surface area contributed by atoms with E-state index in [0.717, 1.165) is 47.1 Å². The normalized spacial score (nSPS) is 15.9. The minimum absolute atomic E-state index is 0. The summed E-state index contributed by atoms with van der Waals surface area (Å²) in [5, 5.41) is 4.63. The van der Waals surface area contributed by atoms with Crippen molar-refractivity contribution in [2.24, 2.45) is 16.7 Å². The first kappa shape index (κ1) is 71.8. The van der Waals surface area contributed by atoms with Crippen LogP contribution in [0.4, 0.5) is 45.3 Å². The average molecular weight is 1250 g/mol. The summed E-state index contributed by atoms with van der Waals surface area (Å²) in [5.41, 5.74) is 8.64. The van der Waals surface area contributed by atoms with E-state index < -0.39 is 11.7 Å². The third-order valence-corrected chi connectivity index (χ3v) is 13.8. The van der Waals surface area contributed by atoms with Gasteiger partial charge in [-0.1, -0.05) is 62.4 Å². The van der Waals surface area contributed by atoms with Gasteiger partial charge < -0.3 is 51.4 Å². The summed E-state index contributed by atoms with van der Waals surface area (Å²) in [4.78, 5) is 101. The van der Waals surface area contributed by atoms with Crippen molar-refractivity contribution in [3.63, 3.8) is 0 Å². The van der Waals surface area contributed by atoms with Crippen molar-refractivity contribution in [1.82, 2.24) is 45.0 Å². The maximum atomic E-state index is 12.8. The zero-order chi connectivity index (χ0) is 64.6. The molecule has 0 radical (unpaired) electrons. The van der Waals surface area contributed by atoms with Crippen LogP contribution in [-0.2, 0) is 19.1 Å². The van der Waals surface area contributed by atoms with Gasteiger partial charge in [0.05, 0.1) is 43.7 Å². The summed E-state index contributed by atoms with van der Waals surface area (Å²) in [7, 11) is 8.92. The Labute approximate surface area is 527 Å². The number of nitrogens with one attached hydrogen (secondary N) is 3. The molecule has 0 fully saturated rings. The number of fused-ring (bicyclic) bond motifs is 3. The Kier molecular flexibility index (Phi) is 26.4. The van der Waals surface area contributed by atoms with Gasteiger partial charge >= 0.3 is 12.0 Å².